The Labute approximate surface area is 130 Å². The van der Waals surface area contributed by atoms with Gasteiger partial charge in [0, 0.05) is 11.6 Å². The van der Waals surface area contributed by atoms with Crippen LogP contribution >= 0.6 is 0 Å². The van der Waals surface area contributed by atoms with Crippen molar-refractivity contribution in [2.75, 3.05) is 28.4 Å². The van der Waals surface area contributed by atoms with Gasteiger partial charge in [0.1, 0.15) is 0 Å². The molecule has 0 aromatic heterocycles. The summed E-state index contributed by atoms with van der Waals surface area (Å²) in [5, 5.41) is 0. The van der Waals surface area contributed by atoms with Crippen LogP contribution < -0.4 is 18.9 Å². The first-order valence-corrected chi connectivity index (χ1v) is 6.69. The molecule has 0 saturated heterocycles. The summed E-state index contributed by atoms with van der Waals surface area (Å²) in [5.41, 5.74) is 1.58. The molecule has 0 bridgehead atoms. The molecule has 0 atom stereocenters. The molecule has 114 valence electrons. The SMILES string of the molecule is COc1cc(C#Cc2ccccc2)c(OC)c(OC)c1OC. The lowest BCUT2D eigenvalue weighted by Gasteiger charge is -2.16. The van der Waals surface area contributed by atoms with Gasteiger partial charge in [-0.05, 0) is 12.1 Å². The molecule has 0 amide bonds. The number of benzene rings is 2. The van der Waals surface area contributed by atoms with Crippen LogP contribution in [-0.2, 0) is 0 Å². The zero-order chi connectivity index (χ0) is 15.9. The van der Waals surface area contributed by atoms with Crippen molar-refractivity contribution in [1.82, 2.24) is 0 Å². The lowest BCUT2D eigenvalue weighted by Crippen LogP contribution is -2.00. The van der Waals surface area contributed by atoms with Gasteiger partial charge in [-0.15, -0.1) is 0 Å². The normalized spacial score (nSPS) is 9.45. The van der Waals surface area contributed by atoms with E-state index >= 15 is 0 Å². The minimum atomic E-state index is 0.460. The molecule has 0 heterocycles. The predicted molar refractivity (Wildman–Crippen MR) is 85.1 cm³/mol. The zero-order valence-corrected chi connectivity index (χ0v) is 13.1. The highest BCUT2D eigenvalue weighted by Gasteiger charge is 2.20. The molecule has 0 aliphatic heterocycles. The van der Waals surface area contributed by atoms with E-state index in [1.54, 1.807) is 34.5 Å². The van der Waals surface area contributed by atoms with Crippen molar-refractivity contribution in [1.29, 1.82) is 0 Å². The molecule has 0 saturated carbocycles. The lowest BCUT2D eigenvalue weighted by molar-refractivity contribution is 0.305. The average molecular weight is 298 g/mol. The van der Waals surface area contributed by atoms with Crippen LogP contribution in [0.1, 0.15) is 11.1 Å². The summed E-state index contributed by atoms with van der Waals surface area (Å²) in [6.45, 7) is 0. The summed E-state index contributed by atoms with van der Waals surface area (Å²) in [6.07, 6.45) is 0. The molecule has 0 spiro atoms. The second-order valence-electron chi connectivity index (χ2n) is 4.34. The third kappa shape index (κ3) is 3.09. The van der Waals surface area contributed by atoms with Gasteiger partial charge in [-0.3, -0.25) is 0 Å². The van der Waals surface area contributed by atoms with Crippen molar-refractivity contribution in [3.05, 3.63) is 47.5 Å². The Balaban J connectivity index is 2.58. The quantitative estimate of drug-likeness (QED) is 0.813. The molecule has 0 aliphatic rings. The molecular weight excluding hydrogens is 280 g/mol. The van der Waals surface area contributed by atoms with E-state index in [9.17, 15) is 0 Å². The Bertz CT molecular complexity index is 697. The fourth-order valence-electron chi connectivity index (χ4n) is 2.09. The van der Waals surface area contributed by atoms with Crippen LogP contribution in [0.15, 0.2) is 36.4 Å². The van der Waals surface area contributed by atoms with Gasteiger partial charge in [0.25, 0.3) is 0 Å². The van der Waals surface area contributed by atoms with Gasteiger partial charge in [0.2, 0.25) is 11.5 Å². The highest BCUT2D eigenvalue weighted by molar-refractivity contribution is 5.67. The first-order valence-electron chi connectivity index (χ1n) is 6.69. The van der Waals surface area contributed by atoms with Gasteiger partial charge in [-0.25, -0.2) is 0 Å². The molecule has 0 radical (unpaired) electrons. The molecule has 4 nitrogen and oxygen atoms in total. The molecule has 22 heavy (non-hydrogen) atoms. The van der Waals surface area contributed by atoms with E-state index in [4.69, 9.17) is 18.9 Å². The molecular formula is C18H18O4. The highest BCUT2D eigenvalue weighted by atomic mass is 16.5. The Hall–Kier alpha value is -2.80. The Morgan fingerprint density at radius 2 is 1.32 bits per heavy atom. The topological polar surface area (TPSA) is 36.9 Å². The van der Waals surface area contributed by atoms with E-state index in [0.717, 1.165) is 5.56 Å². The van der Waals surface area contributed by atoms with Crippen LogP contribution in [0.3, 0.4) is 0 Å². The van der Waals surface area contributed by atoms with Crippen molar-refractivity contribution in [3.63, 3.8) is 0 Å². The molecule has 2 aromatic rings. The third-order valence-electron chi connectivity index (χ3n) is 3.10. The summed E-state index contributed by atoms with van der Waals surface area (Å²) < 4.78 is 21.5. The van der Waals surface area contributed by atoms with Crippen molar-refractivity contribution < 1.29 is 18.9 Å². The van der Waals surface area contributed by atoms with Crippen LogP contribution in [-0.4, -0.2) is 28.4 Å². The van der Waals surface area contributed by atoms with Gasteiger partial charge in [0.05, 0.1) is 34.0 Å². The number of hydrogen-bond donors (Lipinski definition) is 0. The minimum absolute atomic E-state index is 0.460. The van der Waals surface area contributed by atoms with Crippen LogP contribution in [0.4, 0.5) is 0 Å². The van der Waals surface area contributed by atoms with E-state index < -0.39 is 0 Å². The maximum atomic E-state index is 5.43. The van der Waals surface area contributed by atoms with E-state index in [1.165, 1.54) is 0 Å². The minimum Gasteiger partial charge on any atom is -0.493 e. The van der Waals surface area contributed by atoms with Crippen molar-refractivity contribution in [2.45, 2.75) is 0 Å². The summed E-state index contributed by atoms with van der Waals surface area (Å²) in [4.78, 5) is 0. The van der Waals surface area contributed by atoms with Crippen molar-refractivity contribution in [2.24, 2.45) is 0 Å². The van der Waals surface area contributed by atoms with Gasteiger partial charge < -0.3 is 18.9 Å². The average Bonchev–Trinajstić information content (AvgIpc) is 2.58. The highest BCUT2D eigenvalue weighted by Crippen LogP contribution is 2.46. The van der Waals surface area contributed by atoms with Crippen LogP contribution in [0.5, 0.6) is 23.0 Å². The Kier molecular flexibility index (Phi) is 5.16. The van der Waals surface area contributed by atoms with Crippen LogP contribution in [0.2, 0.25) is 0 Å². The van der Waals surface area contributed by atoms with Crippen molar-refractivity contribution in [3.8, 4) is 34.8 Å². The number of rotatable bonds is 4. The molecule has 0 N–H and O–H groups in total. The monoisotopic (exact) mass is 298 g/mol. The molecule has 0 unspecified atom stereocenters. The largest absolute Gasteiger partial charge is 0.493 e. The van der Waals surface area contributed by atoms with Crippen LogP contribution in [0, 0.1) is 11.8 Å². The van der Waals surface area contributed by atoms with Gasteiger partial charge >= 0.3 is 0 Å². The molecule has 0 fully saturated rings. The summed E-state index contributed by atoms with van der Waals surface area (Å²) >= 11 is 0. The first kappa shape index (κ1) is 15.6. The molecule has 2 rings (SSSR count). The standard InChI is InChI=1S/C18H18O4/c1-19-15-12-14(11-10-13-8-6-5-7-9-13)16(20-2)18(22-4)17(15)21-3/h5-9,12H,1-4H3. The number of hydrogen-bond acceptors (Lipinski definition) is 4. The molecule has 2 aromatic carbocycles. The predicted octanol–water partition coefficient (Wildman–Crippen LogP) is 3.12. The van der Waals surface area contributed by atoms with E-state index in [2.05, 4.69) is 11.8 Å². The van der Waals surface area contributed by atoms with E-state index in [-0.39, 0.29) is 0 Å². The van der Waals surface area contributed by atoms with Gasteiger partial charge in [0.15, 0.2) is 11.5 Å². The summed E-state index contributed by atoms with van der Waals surface area (Å²) in [7, 11) is 6.24. The lowest BCUT2D eigenvalue weighted by atomic mass is 10.1. The van der Waals surface area contributed by atoms with E-state index in [0.29, 0.717) is 28.6 Å². The second-order valence-corrected chi connectivity index (χ2v) is 4.34. The Morgan fingerprint density at radius 1 is 0.682 bits per heavy atom. The third-order valence-corrected chi connectivity index (χ3v) is 3.10. The van der Waals surface area contributed by atoms with Gasteiger partial charge in [-0.1, -0.05) is 30.0 Å². The number of ether oxygens (including phenoxy) is 4. The van der Waals surface area contributed by atoms with Gasteiger partial charge in [-0.2, -0.15) is 0 Å². The summed E-state index contributed by atoms with van der Waals surface area (Å²) in [6, 6.07) is 11.5. The zero-order valence-electron chi connectivity index (χ0n) is 13.1. The fraction of sp³-hybridized carbons (Fsp3) is 0.222. The van der Waals surface area contributed by atoms with Crippen molar-refractivity contribution >= 4 is 0 Å². The maximum Gasteiger partial charge on any atom is 0.208 e. The maximum absolute atomic E-state index is 5.43. The van der Waals surface area contributed by atoms with Crippen LogP contribution in [0.25, 0.3) is 0 Å². The smallest absolute Gasteiger partial charge is 0.208 e. The van der Waals surface area contributed by atoms with E-state index in [1.807, 2.05) is 30.3 Å². The second kappa shape index (κ2) is 7.28. The molecule has 0 aliphatic carbocycles. The number of methoxy groups -OCH3 is 4. The Morgan fingerprint density at radius 3 is 1.86 bits per heavy atom. The summed E-state index contributed by atoms with van der Waals surface area (Å²) in [5.74, 6) is 8.18. The molecule has 4 heteroatoms. The fourth-order valence-corrected chi connectivity index (χ4v) is 2.09. The first-order chi connectivity index (χ1) is 10.7.